The van der Waals surface area contributed by atoms with Crippen LogP contribution in [0.2, 0.25) is 0 Å². The molecule has 1 aromatic heterocycles. The minimum atomic E-state index is -0.126. The van der Waals surface area contributed by atoms with Crippen LogP contribution < -0.4 is 0 Å². The van der Waals surface area contributed by atoms with Crippen LogP contribution in [-0.2, 0) is 10.8 Å². The number of fused-ring (bicyclic) bond motifs is 3. The minimum absolute atomic E-state index is 0.126. The summed E-state index contributed by atoms with van der Waals surface area (Å²) in [5.74, 6) is 4.72. The smallest absolute Gasteiger partial charge is 0.187 e. The van der Waals surface area contributed by atoms with Gasteiger partial charge in [-0.25, -0.2) is 19.8 Å². The molecule has 0 radical (unpaired) electrons. The first kappa shape index (κ1) is 30.4. The average Bonchev–Trinajstić information content (AvgIpc) is 3.40. The Balaban J connectivity index is 0.997. The highest BCUT2D eigenvalue weighted by Gasteiger charge is 2.51. The molecule has 0 saturated heterocycles. The van der Waals surface area contributed by atoms with Crippen molar-refractivity contribution in [1.82, 2.24) is 15.0 Å². The molecular weight excluding hydrogens is 621 g/mol. The second-order valence-corrected chi connectivity index (χ2v) is 16.2. The molecule has 0 aliphatic heterocycles. The lowest BCUT2D eigenvalue weighted by atomic mass is 9.48. The predicted octanol–water partition coefficient (Wildman–Crippen LogP) is 11.9. The summed E-state index contributed by atoms with van der Waals surface area (Å²) in [4.78, 5) is 18.7. The zero-order valence-electron chi connectivity index (χ0n) is 29.2. The highest BCUT2D eigenvalue weighted by atomic mass is 15.0. The summed E-state index contributed by atoms with van der Waals surface area (Å²) in [5, 5.41) is 0. The standard InChI is InChI=1S/C47H40N4/c1-46(2)41-7-5-4-6-39(41)40-21-16-36(25-42(40)46)45-50-43(49-44(51-45)35-14-19-38(48-3)20-15-35)34-10-8-32(9-11-34)33-12-17-37(18-13-33)47-26-29-22-30(27-47)24-31(23-29)28-47/h4-21,25,29-31H,22-24,26-28H2,1-2H3. The number of hydrogen-bond donors (Lipinski definition) is 0. The van der Waals surface area contributed by atoms with E-state index in [1.165, 1.54) is 71.9 Å². The van der Waals surface area contributed by atoms with E-state index in [0.29, 0.717) is 28.6 Å². The summed E-state index contributed by atoms with van der Waals surface area (Å²) in [6.45, 7) is 12.0. The highest BCUT2D eigenvalue weighted by molar-refractivity contribution is 5.83. The van der Waals surface area contributed by atoms with Gasteiger partial charge in [0.1, 0.15) is 0 Å². The summed E-state index contributed by atoms with van der Waals surface area (Å²) in [6.07, 6.45) is 8.60. The second kappa shape index (κ2) is 11.3. The number of rotatable bonds is 5. The van der Waals surface area contributed by atoms with Crippen molar-refractivity contribution < 1.29 is 0 Å². The molecular formula is C47H40N4. The van der Waals surface area contributed by atoms with Crippen LogP contribution in [0.15, 0.2) is 115 Å². The maximum Gasteiger partial charge on any atom is 0.187 e. The fourth-order valence-corrected chi connectivity index (χ4v) is 10.6. The summed E-state index contributed by atoms with van der Waals surface area (Å²) in [5.41, 5.74) is 12.8. The van der Waals surface area contributed by atoms with Crippen molar-refractivity contribution in [3.8, 4) is 56.4 Å². The van der Waals surface area contributed by atoms with Gasteiger partial charge in [0.05, 0.1) is 6.57 Å². The van der Waals surface area contributed by atoms with Gasteiger partial charge in [0.15, 0.2) is 23.2 Å². The molecule has 4 bridgehead atoms. The van der Waals surface area contributed by atoms with Gasteiger partial charge in [-0.2, -0.15) is 0 Å². The summed E-state index contributed by atoms with van der Waals surface area (Å²) in [6, 6.07) is 41.0. The van der Waals surface area contributed by atoms with Gasteiger partial charge >= 0.3 is 0 Å². The molecule has 11 rings (SSSR count). The molecule has 0 spiro atoms. The molecule has 4 heteroatoms. The number of nitrogens with zero attached hydrogens (tertiary/aromatic N) is 4. The van der Waals surface area contributed by atoms with E-state index >= 15 is 0 Å². The van der Waals surface area contributed by atoms with E-state index < -0.39 is 0 Å². The fraction of sp³-hybridized carbons (Fsp3) is 0.277. The van der Waals surface area contributed by atoms with Crippen LogP contribution in [-0.4, -0.2) is 15.0 Å². The molecule has 4 saturated carbocycles. The molecule has 5 aliphatic carbocycles. The normalized spacial score (nSPS) is 23.4. The molecule has 5 aromatic carbocycles. The van der Waals surface area contributed by atoms with E-state index in [0.717, 1.165) is 34.4 Å². The largest absolute Gasteiger partial charge is 0.238 e. The van der Waals surface area contributed by atoms with Crippen molar-refractivity contribution >= 4 is 5.69 Å². The zero-order valence-corrected chi connectivity index (χ0v) is 29.2. The van der Waals surface area contributed by atoms with E-state index in [9.17, 15) is 0 Å². The average molecular weight is 661 g/mol. The first-order valence-electron chi connectivity index (χ1n) is 18.6. The third-order valence-corrected chi connectivity index (χ3v) is 12.7. The Morgan fingerprint density at radius 3 is 1.59 bits per heavy atom. The summed E-state index contributed by atoms with van der Waals surface area (Å²) < 4.78 is 0. The first-order chi connectivity index (χ1) is 24.8. The molecule has 4 fully saturated rings. The van der Waals surface area contributed by atoms with Gasteiger partial charge in [-0.3, -0.25) is 0 Å². The lowest BCUT2D eigenvalue weighted by Crippen LogP contribution is -2.48. The third-order valence-electron chi connectivity index (χ3n) is 12.7. The van der Waals surface area contributed by atoms with Crippen molar-refractivity contribution in [1.29, 1.82) is 0 Å². The van der Waals surface area contributed by atoms with Crippen LogP contribution in [0.4, 0.5) is 5.69 Å². The van der Waals surface area contributed by atoms with E-state index in [1.54, 1.807) is 5.56 Å². The monoisotopic (exact) mass is 660 g/mol. The van der Waals surface area contributed by atoms with Crippen LogP contribution in [0.5, 0.6) is 0 Å². The van der Waals surface area contributed by atoms with E-state index in [1.807, 2.05) is 24.3 Å². The molecule has 4 nitrogen and oxygen atoms in total. The summed E-state index contributed by atoms with van der Waals surface area (Å²) in [7, 11) is 0. The van der Waals surface area contributed by atoms with Gasteiger partial charge in [0, 0.05) is 22.1 Å². The molecule has 248 valence electrons. The van der Waals surface area contributed by atoms with Crippen molar-refractivity contribution in [2.75, 3.05) is 0 Å². The van der Waals surface area contributed by atoms with Gasteiger partial charge in [-0.1, -0.05) is 123 Å². The SMILES string of the molecule is [C-]#[N+]c1ccc(-c2nc(-c3ccc(-c4ccc(C56CC7CC(CC(C7)C5)C6)cc4)cc3)nc(-c3ccc4c(c3)C(C)(C)c3ccccc3-4)n2)cc1. The molecule has 0 atom stereocenters. The van der Waals surface area contributed by atoms with Crippen LogP contribution in [0, 0.1) is 24.3 Å². The molecule has 0 N–H and O–H groups in total. The Labute approximate surface area is 300 Å². The Morgan fingerprint density at radius 1 is 0.529 bits per heavy atom. The first-order valence-corrected chi connectivity index (χ1v) is 18.6. The van der Waals surface area contributed by atoms with Crippen LogP contribution in [0.3, 0.4) is 0 Å². The van der Waals surface area contributed by atoms with E-state index in [2.05, 4.69) is 110 Å². The number of aromatic nitrogens is 3. The van der Waals surface area contributed by atoms with Gasteiger partial charge in [0.25, 0.3) is 0 Å². The topological polar surface area (TPSA) is 43.0 Å². The molecule has 0 amide bonds. The fourth-order valence-electron chi connectivity index (χ4n) is 10.6. The van der Waals surface area contributed by atoms with Gasteiger partial charge < -0.3 is 0 Å². The Morgan fingerprint density at radius 2 is 1.00 bits per heavy atom. The Kier molecular flexibility index (Phi) is 6.74. The van der Waals surface area contributed by atoms with Gasteiger partial charge in [-0.05, 0) is 107 Å². The van der Waals surface area contributed by atoms with Crippen molar-refractivity contribution in [3.05, 3.63) is 143 Å². The Hall–Kier alpha value is -5.40. The van der Waals surface area contributed by atoms with Crippen LogP contribution in [0.1, 0.15) is 69.1 Å². The number of benzene rings is 5. The lowest BCUT2D eigenvalue weighted by Gasteiger charge is -2.57. The number of hydrogen-bond acceptors (Lipinski definition) is 3. The third kappa shape index (κ3) is 4.97. The maximum atomic E-state index is 7.41. The second-order valence-electron chi connectivity index (χ2n) is 16.2. The predicted molar refractivity (Wildman–Crippen MR) is 205 cm³/mol. The zero-order chi connectivity index (χ0) is 34.3. The minimum Gasteiger partial charge on any atom is -0.238 e. The lowest BCUT2D eigenvalue weighted by molar-refractivity contribution is -0.00518. The quantitative estimate of drug-likeness (QED) is 0.173. The summed E-state index contributed by atoms with van der Waals surface area (Å²) >= 11 is 0. The molecule has 5 aliphatic rings. The van der Waals surface area contributed by atoms with Crippen molar-refractivity contribution in [2.24, 2.45) is 17.8 Å². The molecule has 51 heavy (non-hydrogen) atoms. The van der Waals surface area contributed by atoms with Crippen molar-refractivity contribution in [2.45, 2.75) is 63.2 Å². The van der Waals surface area contributed by atoms with E-state index in [-0.39, 0.29) is 5.41 Å². The van der Waals surface area contributed by atoms with Crippen LogP contribution in [0.25, 0.3) is 61.3 Å². The Bertz CT molecular complexity index is 2330. The van der Waals surface area contributed by atoms with Gasteiger partial charge in [0.2, 0.25) is 0 Å². The molecule has 6 aromatic rings. The molecule has 0 unspecified atom stereocenters. The molecule has 1 heterocycles. The van der Waals surface area contributed by atoms with Gasteiger partial charge in [-0.15, -0.1) is 0 Å². The van der Waals surface area contributed by atoms with Crippen molar-refractivity contribution in [3.63, 3.8) is 0 Å². The highest BCUT2D eigenvalue weighted by Crippen LogP contribution is 2.60. The maximum absolute atomic E-state index is 7.41. The van der Waals surface area contributed by atoms with E-state index in [4.69, 9.17) is 21.5 Å². The van der Waals surface area contributed by atoms with Crippen LogP contribution >= 0.6 is 0 Å².